The van der Waals surface area contributed by atoms with Crippen LogP contribution >= 0.6 is 15.9 Å². The predicted molar refractivity (Wildman–Crippen MR) is 59.3 cm³/mol. The van der Waals surface area contributed by atoms with Gasteiger partial charge in [-0.3, -0.25) is 0 Å². The lowest BCUT2D eigenvalue weighted by molar-refractivity contribution is -0.182. The molecule has 0 radical (unpaired) electrons. The fourth-order valence-corrected chi connectivity index (χ4v) is 1.44. The lowest BCUT2D eigenvalue weighted by Crippen LogP contribution is -2.52. The summed E-state index contributed by atoms with van der Waals surface area (Å²) in [5.74, 6) is 0. The molecule has 0 saturated heterocycles. The van der Waals surface area contributed by atoms with Crippen molar-refractivity contribution in [3.05, 3.63) is 28.7 Å². The van der Waals surface area contributed by atoms with Crippen LogP contribution in [-0.2, 0) is 0 Å². The van der Waals surface area contributed by atoms with Gasteiger partial charge >= 0.3 is 6.18 Å². The Morgan fingerprint density at radius 1 is 1.31 bits per heavy atom. The van der Waals surface area contributed by atoms with Crippen LogP contribution in [0.5, 0.6) is 0 Å². The van der Waals surface area contributed by atoms with Gasteiger partial charge in [-0.2, -0.15) is 13.2 Å². The summed E-state index contributed by atoms with van der Waals surface area (Å²) in [4.78, 5) is 0. The number of anilines is 1. The summed E-state index contributed by atoms with van der Waals surface area (Å²) >= 11 is 3.13. The minimum Gasteiger partial charge on any atom is -0.394 e. The first-order valence-corrected chi connectivity index (χ1v) is 5.30. The van der Waals surface area contributed by atoms with Crippen molar-refractivity contribution in [1.82, 2.24) is 0 Å². The molecule has 0 saturated carbocycles. The maximum absolute atomic E-state index is 12.7. The SMILES string of the molecule is CC(CO)(Nc1ccccc1Br)C(F)(F)F. The van der Waals surface area contributed by atoms with E-state index >= 15 is 0 Å². The molecule has 1 unspecified atom stereocenters. The number of hydrogen-bond donors (Lipinski definition) is 2. The second-order valence-electron chi connectivity index (χ2n) is 3.59. The number of aliphatic hydroxyl groups excluding tert-OH is 1. The van der Waals surface area contributed by atoms with E-state index in [9.17, 15) is 13.2 Å². The van der Waals surface area contributed by atoms with Gasteiger partial charge in [0, 0.05) is 10.2 Å². The summed E-state index contributed by atoms with van der Waals surface area (Å²) in [6, 6.07) is 6.43. The zero-order valence-electron chi connectivity index (χ0n) is 8.48. The molecule has 1 aromatic rings. The maximum atomic E-state index is 12.7. The van der Waals surface area contributed by atoms with Gasteiger partial charge in [-0.15, -0.1) is 0 Å². The molecule has 0 aliphatic rings. The Kier molecular flexibility index (Phi) is 3.85. The average Bonchev–Trinajstić information content (AvgIpc) is 2.19. The largest absolute Gasteiger partial charge is 0.413 e. The number of para-hydroxylation sites is 1. The molecule has 90 valence electrons. The lowest BCUT2D eigenvalue weighted by atomic mass is 10.0. The van der Waals surface area contributed by atoms with Crippen LogP contribution in [-0.4, -0.2) is 23.4 Å². The number of rotatable bonds is 3. The van der Waals surface area contributed by atoms with Crippen LogP contribution in [0.3, 0.4) is 0 Å². The van der Waals surface area contributed by atoms with Gasteiger partial charge in [-0.05, 0) is 35.0 Å². The fraction of sp³-hybridized carbons (Fsp3) is 0.400. The highest BCUT2D eigenvalue weighted by atomic mass is 79.9. The first-order chi connectivity index (χ1) is 7.30. The molecule has 0 heterocycles. The third-order valence-corrected chi connectivity index (χ3v) is 2.92. The monoisotopic (exact) mass is 297 g/mol. The lowest BCUT2D eigenvalue weighted by Gasteiger charge is -2.32. The zero-order chi connectivity index (χ0) is 12.4. The van der Waals surface area contributed by atoms with E-state index in [2.05, 4.69) is 21.2 Å². The molecule has 1 aromatic carbocycles. The van der Waals surface area contributed by atoms with Crippen LogP contribution in [0, 0.1) is 0 Å². The van der Waals surface area contributed by atoms with Crippen LogP contribution in [0.15, 0.2) is 28.7 Å². The van der Waals surface area contributed by atoms with Crippen LogP contribution < -0.4 is 5.32 Å². The second kappa shape index (κ2) is 4.63. The highest BCUT2D eigenvalue weighted by Crippen LogP contribution is 2.34. The molecular formula is C10H11BrF3NO. The first-order valence-electron chi connectivity index (χ1n) is 4.50. The number of aliphatic hydroxyl groups is 1. The van der Waals surface area contributed by atoms with Gasteiger partial charge in [0.2, 0.25) is 0 Å². The van der Waals surface area contributed by atoms with Gasteiger partial charge in [-0.1, -0.05) is 12.1 Å². The highest BCUT2D eigenvalue weighted by Gasteiger charge is 2.51. The van der Waals surface area contributed by atoms with Crippen molar-refractivity contribution < 1.29 is 18.3 Å². The van der Waals surface area contributed by atoms with E-state index in [1.54, 1.807) is 18.2 Å². The standard InChI is InChI=1S/C10H11BrF3NO/c1-9(6-16,10(12,13)14)15-8-5-3-2-4-7(8)11/h2-5,15-16H,6H2,1H3. The molecule has 0 amide bonds. The summed E-state index contributed by atoms with van der Waals surface area (Å²) in [5.41, 5.74) is -2.06. The molecule has 0 aliphatic carbocycles. The third kappa shape index (κ3) is 2.68. The molecule has 16 heavy (non-hydrogen) atoms. The molecular weight excluding hydrogens is 287 g/mol. The maximum Gasteiger partial charge on any atom is 0.413 e. The van der Waals surface area contributed by atoms with E-state index in [0.29, 0.717) is 4.47 Å². The van der Waals surface area contributed by atoms with Gasteiger partial charge in [-0.25, -0.2) is 0 Å². The minimum atomic E-state index is -4.53. The van der Waals surface area contributed by atoms with Crippen molar-refractivity contribution in [1.29, 1.82) is 0 Å². The molecule has 0 fully saturated rings. The van der Waals surface area contributed by atoms with Gasteiger partial charge in [0.1, 0.15) is 0 Å². The Bertz CT molecular complexity index is 369. The zero-order valence-corrected chi connectivity index (χ0v) is 10.1. The topological polar surface area (TPSA) is 32.3 Å². The third-order valence-electron chi connectivity index (χ3n) is 2.23. The molecule has 1 atom stereocenters. The van der Waals surface area contributed by atoms with E-state index < -0.39 is 18.3 Å². The average molecular weight is 298 g/mol. The Morgan fingerprint density at radius 3 is 2.31 bits per heavy atom. The Hall–Kier alpha value is -0.750. The van der Waals surface area contributed by atoms with E-state index in [4.69, 9.17) is 5.11 Å². The summed E-state index contributed by atoms with van der Waals surface area (Å²) < 4.78 is 38.6. The number of nitrogens with one attached hydrogen (secondary N) is 1. The van der Waals surface area contributed by atoms with Gasteiger partial charge in [0.25, 0.3) is 0 Å². The molecule has 1 rings (SSSR count). The first kappa shape index (κ1) is 13.3. The van der Waals surface area contributed by atoms with E-state index in [0.717, 1.165) is 6.92 Å². The van der Waals surface area contributed by atoms with Crippen LogP contribution in [0.4, 0.5) is 18.9 Å². The number of halogens is 4. The molecule has 6 heteroatoms. The van der Waals surface area contributed by atoms with Crippen molar-refractivity contribution in [2.75, 3.05) is 11.9 Å². The van der Waals surface area contributed by atoms with Crippen LogP contribution in [0.25, 0.3) is 0 Å². The Labute approximate surface area is 99.6 Å². The van der Waals surface area contributed by atoms with Crippen molar-refractivity contribution in [3.63, 3.8) is 0 Å². The van der Waals surface area contributed by atoms with Gasteiger partial charge < -0.3 is 10.4 Å². The minimum absolute atomic E-state index is 0.288. The second-order valence-corrected chi connectivity index (χ2v) is 4.45. The number of alkyl halides is 3. The quantitative estimate of drug-likeness (QED) is 0.898. The molecule has 2 nitrogen and oxygen atoms in total. The predicted octanol–water partition coefficient (Wildman–Crippen LogP) is 3.17. The molecule has 0 aromatic heterocycles. The van der Waals surface area contributed by atoms with E-state index in [1.807, 2.05) is 0 Å². The number of benzene rings is 1. The molecule has 0 bridgehead atoms. The normalized spacial score (nSPS) is 15.6. The van der Waals surface area contributed by atoms with E-state index in [-0.39, 0.29) is 5.69 Å². The highest BCUT2D eigenvalue weighted by molar-refractivity contribution is 9.10. The Morgan fingerprint density at radius 2 is 1.88 bits per heavy atom. The molecule has 0 spiro atoms. The molecule has 0 aliphatic heterocycles. The van der Waals surface area contributed by atoms with Gasteiger partial charge in [0.15, 0.2) is 5.54 Å². The fourth-order valence-electron chi connectivity index (χ4n) is 1.06. The van der Waals surface area contributed by atoms with Crippen LogP contribution in [0.2, 0.25) is 0 Å². The van der Waals surface area contributed by atoms with Crippen molar-refractivity contribution in [2.45, 2.75) is 18.6 Å². The van der Waals surface area contributed by atoms with Crippen molar-refractivity contribution >= 4 is 21.6 Å². The van der Waals surface area contributed by atoms with Gasteiger partial charge in [0.05, 0.1) is 6.61 Å². The summed E-state index contributed by atoms with van der Waals surface area (Å²) in [6.07, 6.45) is -4.53. The van der Waals surface area contributed by atoms with E-state index in [1.165, 1.54) is 6.07 Å². The summed E-state index contributed by atoms with van der Waals surface area (Å²) in [6.45, 7) is -0.121. The van der Waals surface area contributed by atoms with Crippen molar-refractivity contribution in [3.8, 4) is 0 Å². The van der Waals surface area contributed by atoms with Crippen molar-refractivity contribution in [2.24, 2.45) is 0 Å². The summed E-state index contributed by atoms with van der Waals surface area (Å²) in [7, 11) is 0. The Balaban J connectivity index is 2.99. The molecule has 2 N–H and O–H groups in total. The smallest absolute Gasteiger partial charge is 0.394 e. The number of hydrogen-bond acceptors (Lipinski definition) is 2. The van der Waals surface area contributed by atoms with Crippen LogP contribution in [0.1, 0.15) is 6.92 Å². The summed E-state index contributed by atoms with van der Waals surface area (Å²) in [5, 5.41) is 11.2.